The van der Waals surface area contributed by atoms with Crippen molar-refractivity contribution in [1.29, 1.82) is 0 Å². The number of aromatic nitrogens is 1. The lowest BCUT2D eigenvalue weighted by Gasteiger charge is -2.03. The van der Waals surface area contributed by atoms with Crippen molar-refractivity contribution in [2.45, 2.75) is 6.92 Å². The Labute approximate surface area is 126 Å². The molecule has 0 atom stereocenters. The molecule has 1 aromatic heterocycles. The highest BCUT2D eigenvalue weighted by molar-refractivity contribution is 7.14. The topological polar surface area (TPSA) is 42.2 Å². The molecule has 0 saturated heterocycles. The molecule has 0 saturated carbocycles. The molecule has 0 radical (unpaired) electrons. The molecule has 2 aromatic carbocycles. The predicted octanol–water partition coefficient (Wildman–Crippen LogP) is 2.70. The van der Waals surface area contributed by atoms with E-state index in [2.05, 4.69) is 11.8 Å². The second-order valence-corrected chi connectivity index (χ2v) is 5.63. The van der Waals surface area contributed by atoms with Gasteiger partial charge in [-0.1, -0.05) is 41.6 Å². The van der Waals surface area contributed by atoms with Crippen molar-refractivity contribution in [3.8, 4) is 17.5 Å². The summed E-state index contributed by atoms with van der Waals surface area (Å²) in [4.78, 5) is 12.4. The monoisotopic (exact) mass is 295 g/mol. The van der Waals surface area contributed by atoms with Gasteiger partial charge in [0.25, 0.3) is 5.56 Å². The third kappa shape index (κ3) is 2.49. The molecule has 104 valence electrons. The van der Waals surface area contributed by atoms with Crippen molar-refractivity contribution in [1.82, 2.24) is 3.96 Å². The lowest BCUT2D eigenvalue weighted by atomic mass is 10.1. The minimum Gasteiger partial charge on any atom is -0.384 e. The zero-order valence-corrected chi connectivity index (χ0v) is 12.3. The van der Waals surface area contributed by atoms with E-state index >= 15 is 0 Å². The third-order valence-corrected chi connectivity index (χ3v) is 4.36. The van der Waals surface area contributed by atoms with Crippen LogP contribution in [0, 0.1) is 18.8 Å². The van der Waals surface area contributed by atoms with Crippen LogP contribution in [0.5, 0.6) is 0 Å². The van der Waals surface area contributed by atoms with Crippen molar-refractivity contribution in [2.75, 3.05) is 6.61 Å². The van der Waals surface area contributed by atoms with Crippen LogP contribution in [0.3, 0.4) is 0 Å². The molecule has 0 fully saturated rings. The predicted molar refractivity (Wildman–Crippen MR) is 86.1 cm³/mol. The standard InChI is InChI=1S/C17H13NO2S/c1-12-8-9-14(11-13(12)5-4-10-19)18-17(20)15-6-2-3-7-16(15)21-18/h2-3,6-9,11,19H,10H2,1H3. The molecular weight excluding hydrogens is 282 g/mol. The summed E-state index contributed by atoms with van der Waals surface area (Å²) in [7, 11) is 0. The van der Waals surface area contributed by atoms with Gasteiger partial charge in [-0.05, 0) is 36.8 Å². The fourth-order valence-corrected chi connectivity index (χ4v) is 3.14. The Morgan fingerprint density at radius 2 is 2.05 bits per heavy atom. The van der Waals surface area contributed by atoms with Crippen LogP contribution in [0.1, 0.15) is 11.1 Å². The Hall–Kier alpha value is -2.35. The van der Waals surface area contributed by atoms with Gasteiger partial charge in [-0.25, -0.2) is 3.96 Å². The number of benzene rings is 2. The quantitative estimate of drug-likeness (QED) is 0.701. The van der Waals surface area contributed by atoms with Gasteiger partial charge in [-0.2, -0.15) is 0 Å². The number of nitrogens with zero attached hydrogens (tertiary/aromatic N) is 1. The summed E-state index contributed by atoms with van der Waals surface area (Å²) in [5.41, 5.74) is 2.63. The summed E-state index contributed by atoms with van der Waals surface area (Å²) < 4.78 is 2.64. The van der Waals surface area contributed by atoms with Gasteiger partial charge in [-0.3, -0.25) is 4.79 Å². The van der Waals surface area contributed by atoms with Crippen molar-refractivity contribution >= 4 is 21.6 Å². The Morgan fingerprint density at radius 3 is 2.81 bits per heavy atom. The third-order valence-electron chi connectivity index (χ3n) is 3.25. The molecule has 1 N–H and O–H groups in total. The van der Waals surface area contributed by atoms with Crippen LogP contribution in [0.15, 0.2) is 47.3 Å². The van der Waals surface area contributed by atoms with Crippen LogP contribution in [0.2, 0.25) is 0 Å². The highest BCUT2D eigenvalue weighted by Gasteiger charge is 2.09. The van der Waals surface area contributed by atoms with E-state index in [4.69, 9.17) is 5.11 Å². The lowest BCUT2D eigenvalue weighted by Crippen LogP contribution is -2.10. The first-order chi connectivity index (χ1) is 10.2. The zero-order chi connectivity index (χ0) is 14.8. The number of rotatable bonds is 1. The van der Waals surface area contributed by atoms with E-state index in [1.165, 1.54) is 11.5 Å². The Kier molecular flexibility index (Phi) is 3.61. The highest BCUT2D eigenvalue weighted by Crippen LogP contribution is 2.21. The maximum Gasteiger partial charge on any atom is 0.273 e. The molecule has 1 heterocycles. The molecule has 0 amide bonds. The molecule has 21 heavy (non-hydrogen) atoms. The van der Waals surface area contributed by atoms with Crippen molar-refractivity contribution < 1.29 is 5.11 Å². The van der Waals surface area contributed by atoms with E-state index < -0.39 is 0 Å². The van der Waals surface area contributed by atoms with Crippen molar-refractivity contribution in [3.05, 3.63) is 63.9 Å². The fourth-order valence-electron chi connectivity index (χ4n) is 2.15. The first-order valence-corrected chi connectivity index (χ1v) is 7.30. The maximum absolute atomic E-state index is 12.4. The summed E-state index contributed by atoms with van der Waals surface area (Å²) in [6.07, 6.45) is 0. The minimum absolute atomic E-state index is 0.0134. The number of hydrogen-bond acceptors (Lipinski definition) is 3. The van der Waals surface area contributed by atoms with Gasteiger partial charge in [0.2, 0.25) is 0 Å². The summed E-state index contributed by atoms with van der Waals surface area (Å²) in [6.45, 7) is 1.78. The minimum atomic E-state index is -0.174. The van der Waals surface area contributed by atoms with Gasteiger partial charge >= 0.3 is 0 Å². The van der Waals surface area contributed by atoms with E-state index in [0.717, 1.165) is 26.9 Å². The molecule has 0 aliphatic rings. The van der Waals surface area contributed by atoms with Crippen LogP contribution in [0.25, 0.3) is 15.8 Å². The molecule has 0 spiro atoms. The molecule has 0 bridgehead atoms. The van der Waals surface area contributed by atoms with Crippen molar-refractivity contribution in [3.63, 3.8) is 0 Å². The van der Waals surface area contributed by atoms with Crippen LogP contribution in [-0.4, -0.2) is 15.7 Å². The van der Waals surface area contributed by atoms with E-state index in [1.807, 2.05) is 49.4 Å². The second kappa shape index (κ2) is 5.57. The SMILES string of the molecule is Cc1ccc(-n2sc3ccccc3c2=O)cc1C#CCO. The van der Waals surface area contributed by atoms with Gasteiger partial charge in [0.15, 0.2) is 0 Å². The molecule has 3 rings (SSSR count). The Balaban J connectivity index is 2.19. The summed E-state index contributed by atoms with van der Waals surface area (Å²) in [6, 6.07) is 13.3. The van der Waals surface area contributed by atoms with Crippen LogP contribution >= 0.6 is 11.5 Å². The number of aliphatic hydroxyl groups excluding tert-OH is 1. The number of aryl methyl sites for hydroxylation is 1. The first kappa shape index (κ1) is 13.6. The fraction of sp³-hybridized carbons (Fsp3) is 0.118. The van der Waals surface area contributed by atoms with Gasteiger partial charge in [0.1, 0.15) is 6.61 Å². The van der Waals surface area contributed by atoms with Crippen LogP contribution in [-0.2, 0) is 0 Å². The molecule has 0 unspecified atom stereocenters. The number of hydrogen-bond donors (Lipinski definition) is 1. The zero-order valence-electron chi connectivity index (χ0n) is 11.5. The summed E-state index contributed by atoms with van der Waals surface area (Å²) in [5.74, 6) is 5.56. The maximum atomic E-state index is 12.4. The van der Waals surface area contributed by atoms with E-state index in [0.29, 0.717) is 0 Å². The largest absolute Gasteiger partial charge is 0.384 e. The van der Waals surface area contributed by atoms with Crippen LogP contribution in [0.4, 0.5) is 0 Å². The lowest BCUT2D eigenvalue weighted by molar-refractivity contribution is 0.350. The average molecular weight is 295 g/mol. The van der Waals surface area contributed by atoms with E-state index in [1.54, 1.807) is 3.96 Å². The smallest absolute Gasteiger partial charge is 0.273 e. The molecule has 0 aliphatic heterocycles. The molecular formula is C17H13NO2S. The Bertz CT molecular complexity index is 925. The molecule has 3 nitrogen and oxygen atoms in total. The number of fused-ring (bicyclic) bond motifs is 1. The van der Waals surface area contributed by atoms with Gasteiger partial charge in [-0.15, -0.1) is 0 Å². The molecule has 0 aliphatic carbocycles. The average Bonchev–Trinajstić information content (AvgIpc) is 2.84. The highest BCUT2D eigenvalue weighted by atomic mass is 32.1. The second-order valence-electron chi connectivity index (χ2n) is 4.65. The van der Waals surface area contributed by atoms with Crippen molar-refractivity contribution in [2.24, 2.45) is 0 Å². The Morgan fingerprint density at radius 1 is 1.24 bits per heavy atom. The summed E-state index contributed by atoms with van der Waals surface area (Å²) in [5, 5.41) is 9.55. The van der Waals surface area contributed by atoms with E-state index in [9.17, 15) is 4.79 Å². The summed E-state index contributed by atoms with van der Waals surface area (Å²) >= 11 is 1.42. The van der Waals surface area contributed by atoms with Gasteiger partial charge in [0.05, 0.1) is 15.8 Å². The van der Waals surface area contributed by atoms with Gasteiger partial charge in [0, 0.05) is 5.56 Å². The van der Waals surface area contributed by atoms with Crippen LogP contribution < -0.4 is 5.56 Å². The normalized spacial score (nSPS) is 10.4. The van der Waals surface area contributed by atoms with E-state index in [-0.39, 0.29) is 12.2 Å². The molecule has 4 heteroatoms. The van der Waals surface area contributed by atoms with Gasteiger partial charge < -0.3 is 5.11 Å². The first-order valence-electron chi connectivity index (χ1n) is 6.52. The number of aliphatic hydroxyl groups is 1. The molecule has 3 aromatic rings.